The van der Waals surface area contributed by atoms with E-state index >= 15 is 0 Å². The number of aromatic nitrogens is 2. The lowest BCUT2D eigenvalue weighted by Crippen LogP contribution is -2.56. The monoisotopic (exact) mass is 550 g/mol. The van der Waals surface area contributed by atoms with Crippen molar-refractivity contribution >= 4 is 22.4 Å². The van der Waals surface area contributed by atoms with Gasteiger partial charge in [0, 0.05) is 82.4 Å². The molecule has 214 valence electrons. The number of ether oxygens (including phenoxy) is 1. The van der Waals surface area contributed by atoms with E-state index in [1.165, 1.54) is 33.6 Å². The normalized spacial score (nSPS) is 19.3. The molecule has 0 atom stereocenters. The highest BCUT2D eigenvalue weighted by molar-refractivity contribution is 5.96. The van der Waals surface area contributed by atoms with Crippen molar-refractivity contribution in [2.24, 2.45) is 7.05 Å². The summed E-state index contributed by atoms with van der Waals surface area (Å²) in [7, 11) is 2.08. The van der Waals surface area contributed by atoms with E-state index in [0.717, 1.165) is 76.6 Å². The number of benzene rings is 3. The van der Waals surface area contributed by atoms with Crippen LogP contribution in [0.1, 0.15) is 13.8 Å². The Bertz CT molecular complexity index is 1470. The van der Waals surface area contributed by atoms with Gasteiger partial charge in [-0.15, -0.1) is 0 Å². The summed E-state index contributed by atoms with van der Waals surface area (Å²) in [6.45, 7) is 15.2. The third kappa shape index (κ3) is 5.23. The number of hydrogen-bond acceptors (Lipinski definition) is 6. The lowest BCUT2D eigenvalue weighted by Gasteiger charge is -2.43. The fourth-order valence-corrected chi connectivity index (χ4v) is 6.61. The first-order valence-corrected chi connectivity index (χ1v) is 15.3. The summed E-state index contributed by atoms with van der Waals surface area (Å²) in [5, 5.41) is 0. The van der Waals surface area contributed by atoms with Gasteiger partial charge in [0.15, 0.2) is 0 Å². The molecule has 0 spiro atoms. The Morgan fingerprint density at radius 3 is 1.85 bits per heavy atom. The molecule has 0 saturated carbocycles. The number of rotatable bonds is 6. The van der Waals surface area contributed by atoms with E-state index in [0.29, 0.717) is 12.1 Å². The summed E-state index contributed by atoms with van der Waals surface area (Å²) in [5.74, 6) is 0. The highest BCUT2D eigenvalue weighted by atomic mass is 16.5. The summed E-state index contributed by atoms with van der Waals surface area (Å²) in [6, 6.07) is 24.1. The number of nitrogens with zero attached hydrogens (tertiary/aromatic N) is 6. The number of fused-ring (bicyclic) bond motifs is 1. The van der Waals surface area contributed by atoms with Gasteiger partial charge in [0.05, 0.1) is 36.6 Å². The summed E-state index contributed by atoms with van der Waals surface area (Å²) < 4.78 is 7.53. The van der Waals surface area contributed by atoms with Gasteiger partial charge in [-0.05, 0) is 66.9 Å². The average molecular weight is 551 g/mol. The molecule has 3 saturated heterocycles. The van der Waals surface area contributed by atoms with E-state index in [9.17, 15) is 0 Å². The lowest BCUT2D eigenvalue weighted by molar-refractivity contribution is -0.0660. The van der Waals surface area contributed by atoms with Gasteiger partial charge in [-0.2, -0.15) is 0 Å². The molecule has 3 aromatic carbocycles. The van der Waals surface area contributed by atoms with E-state index in [4.69, 9.17) is 9.72 Å². The first-order chi connectivity index (χ1) is 20.0. The van der Waals surface area contributed by atoms with E-state index in [1.807, 2.05) is 6.33 Å². The van der Waals surface area contributed by atoms with E-state index in [1.54, 1.807) is 0 Å². The third-order valence-corrected chi connectivity index (χ3v) is 9.43. The molecule has 7 nitrogen and oxygen atoms in total. The minimum absolute atomic E-state index is 0.620. The SMILES string of the molecule is CC(C)N1CCN(c2ccc(-c3cc(-c4ccc(N5CCN(C6COC6)CC5)cc4)c4ncn(C)c4c3)cc2)CC1. The first-order valence-electron chi connectivity index (χ1n) is 15.3. The van der Waals surface area contributed by atoms with Crippen LogP contribution in [0.2, 0.25) is 0 Å². The minimum Gasteiger partial charge on any atom is -0.378 e. The molecule has 3 aliphatic heterocycles. The van der Waals surface area contributed by atoms with Crippen LogP contribution in [0.4, 0.5) is 11.4 Å². The zero-order valence-electron chi connectivity index (χ0n) is 24.7. The van der Waals surface area contributed by atoms with Crippen LogP contribution in [0.3, 0.4) is 0 Å². The van der Waals surface area contributed by atoms with E-state index in [-0.39, 0.29) is 0 Å². The lowest BCUT2D eigenvalue weighted by atomic mass is 9.97. The van der Waals surface area contributed by atoms with Gasteiger partial charge in [0.2, 0.25) is 0 Å². The number of hydrogen-bond donors (Lipinski definition) is 0. The standard InChI is InChI=1S/C34H42N6O/c1-25(2)37-12-14-38(15-13-37)29-8-4-26(5-9-29)28-20-32(34-33(21-28)36(3)24-35-34)27-6-10-30(11-7-27)39-16-18-40(19-17-39)31-22-41-23-31/h4-11,20-21,24-25,31H,12-19,22-23H2,1-3H3. The van der Waals surface area contributed by atoms with E-state index in [2.05, 4.69) is 106 Å². The second kappa shape index (κ2) is 11.1. The maximum Gasteiger partial charge on any atom is 0.0963 e. The van der Waals surface area contributed by atoms with E-state index < -0.39 is 0 Å². The zero-order valence-corrected chi connectivity index (χ0v) is 24.7. The zero-order chi connectivity index (χ0) is 27.9. The smallest absolute Gasteiger partial charge is 0.0963 e. The van der Waals surface area contributed by atoms with Gasteiger partial charge in [0.25, 0.3) is 0 Å². The summed E-state index contributed by atoms with van der Waals surface area (Å²) in [5.41, 5.74) is 9.70. The van der Waals surface area contributed by atoms with Gasteiger partial charge < -0.3 is 19.1 Å². The Balaban J connectivity index is 1.11. The fraction of sp³-hybridized carbons (Fsp3) is 0.441. The highest BCUT2D eigenvalue weighted by Crippen LogP contribution is 2.35. The van der Waals surface area contributed by atoms with Gasteiger partial charge in [-0.1, -0.05) is 24.3 Å². The minimum atomic E-state index is 0.620. The predicted molar refractivity (Wildman–Crippen MR) is 169 cm³/mol. The molecule has 4 aromatic rings. The molecule has 7 rings (SSSR count). The molecule has 3 aliphatic rings. The van der Waals surface area contributed by atoms with Crippen LogP contribution < -0.4 is 9.80 Å². The molecule has 4 heterocycles. The van der Waals surface area contributed by atoms with Crippen LogP contribution in [0.5, 0.6) is 0 Å². The molecule has 1 aromatic heterocycles. The maximum absolute atomic E-state index is 5.40. The van der Waals surface area contributed by atoms with Crippen molar-refractivity contribution < 1.29 is 4.74 Å². The van der Waals surface area contributed by atoms with Crippen molar-refractivity contribution in [2.45, 2.75) is 25.9 Å². The summed E-state index contributed by atoms with van der Waals surface area (Å²) in [6.07, 6.45) is 1.93. The molecular weight excluding hydrogens is 508 g/mol. The van der Waals surface area contributed by atoms with Crippen LogP contribution in [0, 0.1) is 0 Å². The Labute approximate surface area is 243 Å². The topological polar surface area (TPSA) is 40.0 Å². The van der Waals surface area contributed by atoms with Crippen LogP contribution >= 0.6 is 0 Å². The Hall–Kier alpha value is -3.39. The first kappa shape index (κ1) is 26.5. The van der Waals surface area contributed by atoms with Crippen molar-refractivity contribution in [1.29, 1.82) is 0 Å². The number of aryl methyl sites for hydroxylation is 1. The van der Waals surface area contributed by atoms with Crippen LogP contribution in [-0.2, 0) is 11.8 Å². The van der Waals surface area contributed by atoms with Crippen molar-refractivity contribution in [3.8, 4) is 22.3 Å². The molecule has 0 aliphatic carbocycles. The molecule has 0 N–H and O–H groups in total. The number of piperazine rings is 2. The van der Waals surface area contributed by atoms with Crippen molar-refractivity contribution in [2.75, 3.05) is 75.4 Å². The second-order valence-corrected chi connectivity index (χ2v) is 12.2. The van der Waals surface area contributed by atoms with Gasteiger partial charge in [0.1, 0.15) is 0 Å². The Morgan fingerprint density at radius 1 is 0.707 bits per heavy atom. The molecule has 41 heavy (non-hydrogen) atoms. The van der Waals surface area contributed by atoms with Gasteiger partial charge in [-0.3, -0.25) is 9.80 Å². The number of anilines is 2. The second-order valence-electron chi connectivity index (χ2n) is 12.2. The molecule has 7 heteroatoms. The largest absolute Gasteiger partial charge is 0.378 e. The molecule has 0 amide bonds. The van der Waals surface area contributed by atoms with Crippen molar-refractivity contribution in [3.05, 3.63) is 67.0 Å². The van der Waals surface area contributed by atoms with Crippen LogP contribution in [-0.4, -0.2) is 97.0 Å². The molecular formula is C34H42N6O. The molecule has 0 bridgehead atoms. The summed E-state index contributed by atoms with van der Waals surface area (Å²) in [4.78, 5) is 15.0. The van der Waals surface area contributed by atoms with Crippen LogP contribution in [0.25, 0.3) is 33.3 Å². The molecule has 0 unspecified atom stereocenters. The Morgan fingerprint density at radius 2 is 1.29 bits per heavy atom. The Kier molecular flexibility index (Phi) is 7.19. The fourth-order valence-electron chi connectivity index (χ4n) is 6.61. The molecule has 0 radical (unpaired) electrons. The molecule has 3 fully saturated rings. The maximum atomic E-state index is 5.40. The van der Waals surface area contributed by atoms with Crippen LogP contribution in [0.15, 0.2) is 67.0 Å². The van der Waals surface area contributed by atoms with Crippen molar-refractivity contribution in [3.63, 3.8) is 0 Å². The van der Waals surface area contributed by atoms with Crippen molar-refractivity contribution in [1.82, 2.24) is 19.4 Å². The van der Waals surface area contributed by atoms with Gasteiger partial charge >= 0.3 is 0 Å². The summed E-state index contributed by atoms with van der Waals surface area (Å²) >= 11 is 0. The third-order valence-electron chi connectivity index (χ3n) is 9.43. The predicted octanol–water partition coefficient (Wildman–Crippen LogP) is 4.96. The average Bonchev–Trinajstić information content (AvgIpc) is 3.37. The highest BCUT2D eigenvalue weighted by Gasteiger charge is 2.29. The quantitative estimate of drug-likeness (QED) is 0.338. The number of imidazole rings is 1. The van der Waals surface area contributed by atoms with Gasteiger partial charge in [-0.25, -0.2) is 4.98 Å².